The quantitative estimate of drug-likeness (QED) is 0.875. The molecule has 1 aromatic rings. The average molecular weight is 288 g/mol. The van der Waals surface area contributed by atoms with E-state index in [0.717, 1.165) is 12.1 Å². The second-order valence-electron chi connectivity index (χ2n) is 4.96. The standard InChI is InChI=1S/C14H19F3N2O/c1-9(8-18)6-13(20)19-10(2)11-4-3-5-12(7-11)14(15,16)17/h3-5,7,9-10H,6,8,18H2,1-2H3,(H,19,20). The molecule has 0 aromatic heterocycles. The number of benzene rings is 1. The molecule has 0 saturated carbocycles. The summed E-state index contributed by atoms with van der Waals surface area (Å²) in [4.78, 5) is 11.7. The molecule has 0 fully saturated rings. The van der Waals surface area contributed by atoms with Crippen molar-refractivity contribution in [1.82, 2.24) is 5.32 Å². The monoisotopic (exact) mass is 288 g/mol. The first-order valence-corrected chi connectivity index (χ1v) is 6.40. The highest BCUT2D eigenvalue weighted by Crippen LogP contribution is 2.30. The van der Waals surface area contributed by atoms with Crippen molar-refractivity contribution in [2.45, 2.75) is 32.5 Å². The first-order valence-electron chi connectivity index (χ1n) is 6.40. The lowest BCUT2D eigenvalue weighted by atomic mass is 10.0. The minimum absolute atomic E-state index is 0.0451. The van der Waals surface area contributed by atoms with Gasteiger partial charge in [0.1, 0.15) is 0 Å². The molecule has 112 valence electrons. The zero-order chi connectivity index (χ0) is 15.3. The summed E-state index contributed by atoms with van der Waals surface area (Å²) in [6.45, 7) is 3.89. The van der Waals surface area contributed by atoms with E-state index in [1.54, 1.807) is 13.0 Å². The Balaban J connectivity index is 2.73. The van der Waals surface area contributed by atoms with Crippen LogP contribution in [0, 0.1) is 5.92 Å². The SMILES string of the molecule is CC(CN)CC(=O)NC(C)c1cccc(C(F)(F)F)c1. The molecule has 1 amide bonds. The molecule has 0 radical (unpaired) electrons. The Kier molecular flexibility index (Phi) is 5.56. The van der Waals surface area contributed by atoms with Crippen molar-refractivity contribution in [3.05, 3.63) is 35.4 Å². The summed E-state index contributed by atoms with van der Waals surface area (Å²) in [5, 5.41) is 2.68. The Labute approximate surface area is 116 Å². The lowest BCUT2D eigenvalue weighted by molar-refractivity contribution is -0.137. The summed E-state index contributed by atoms with van der Waals surface area (Å²) in [6, 6.07) is 4.48. The fourth-order valence-electron chi connectivity index (χ4n) is 1.77. The number of carbonyl (C=O) groups excluding carboxylic acids is 1. The average Bonchev–Trinajstić information content (AvgIpc) is 2.37. The minimum Gasteiger partial charge on any atom is -0.350 e. The van der Waals surface area contributed by atoms with E-state index in [9.17, 15) is 18.0 Å². The summed E-state index contributed by atoms with van der Waals surface area (Å²) >= 11 is 0. The van der Waals surface area contributed by atoms with Gasteiger partial charge in [-0.3, -0.25) is 4.79 Å². The molecule has 0 spiro atoms. The van der Waals surface area contributed by atoms with E-state index in [0.29, 0.717) is 12.1 Å². The van der Waals surface area contributed by atoms with E-state index in [1.807, 2.05) is 6.92 Å². The summed E-state index contributed by atoms with van der Waals surface area (Å²) in [5.41, 5.74) is 5.13. The van der Waals surface area contributed by atoms with Crippen LogP contribution in [0.4, 0.5) is 13.2 Å². The van der Waals surface area contributed by atoms with Gasteiger partial charge in [-0.25, -0.2) is 0 Å². The van der Waals surface area contributed by atoms with Gasteiger partial charge in [-0.15, -0.1) is 0 Å². The highest BCUT2D eigenvalue weighted by molar-refractivity contribution is 5.76. The maximum absolute atomic E-state index is 12.6. The highest BCUT2D eigenvalue weighted by atomic mass is 19.4. The smallest absolute Gasteiger partial charge is 0.350 e. The Hall–Kier alpha value is -1.56. The molecule has 0 aliphatic rings. The first kappa shape index (κ1) is 16.5. The van der Waals surface area contributed by atoms with E-state index in [2.05, 4.69) is 5.32 Å². The number of amides is 1. The minimum atomic E-state index is -4.38. The maximum Gasteiger partial charge on any atom is 0.416 e. The Bertz CT molecular complexity index is 460. The van der Waals surface area contributed by atoms with Crippen molar-refractivity contribution in [3.8, 4) is 0 Å². The number of rotatable bonds is 5. The molecule has 3 N–H and O–H groups in total. The third kappa shape index (κ3) is 4.85. The van der Waals surface area contributed by atoms with Gasteiger partial charge in [0.2, 0.25) is 5.91 Å². The van der Waals surface area contributed by atoms with Crippen LogP contribution in [-0.4, -0.2) is 12.5 Å². The van der Waals surface area contributed by atoms with E-state index in [4.69, 9.17) is 5.73 Å². The van der Waals surface area contributed by atoms with Crippen molar-refractivity contribution in [1.29, 1.82) is 0 Å². The van der Waals surface area contributed by atoms with Gasteiger partial charge >= 0.3 is 6.18 Å². The molecular formula is C14H19F3N2O. The van der Waals surface area contributed by atoms with Gasteiger partial charge in [-0.05, 0) is 37.1 Å². The lowest BCUT2D eigenvalue weighted by Gasteiger charge is -2.17. The lowest BCUT2D eigenvalue weighted by Crippen LogP contribution is -2.29. The van der Waals surface area contributed by atoms with Crippen LogP contribution >= 0.6 is 0 Å². The predicted molar refractivity (Wildman–Crippen MR) is 70.8 cm³/mol. The molecule has 0 heterocycles. The topological polar surface area (TPSA) is 55.1 Å². The van der Waals surface area contributed by atoms with E-state index >= 15 is 0 Å². The fraction of sp³-hybridized carbons (Fsp3) is 0.500. The van der Waals surface area contributed by atoms with Crippen LogP contribution in [0.2, 0.25) is 0 Å². The van der Waals surface area contributed by atoms with Gasteiger partial charge in [0.15, 0.2) is 0 Å². The number of halogens is 3. The van der Waals surface area contributed by atoms with E-state index < -0.39 is 17.8 Å². The fourth-order valence-corrected chi connectivity index (χ4v) is 1.77. The number of alkyl halides is 3. The molecule has 0 aliphatic heterocycles. The summed E-state index contributed by atoms with van der Waals surface area (Å²) in [5.74, 6) is -0.170. The molecule has 20 heavy (non-hydrogen) atoms. The number of nitrogens with one attached hydrogen (secondary N) is 1. The molecule has 0 aliphatic carbocycles. The molecule has 2 atom stereocenters. The van der Waals surface area contributed by atoms with Crippen LogP contribution < -0.4 is 11.1 Å². The van der Waals surface area contributed by atoms with Crippen LogP contribution in [0.5, 0.6) is 0 Å². The molecular weight excluding hydrogens is 269 g/mol. The van der Waals surface area contributed by atoms with Gasteiger partial charge < -0.3 is 11.1 Å². The number of nitrogens with two attached hydrogens (primary N) is 1. The molecule has 0 saturated heterocycles. The molecule has 6 heteroatoms. The van der Waals surface area contributed by atoms with Crippen LogP contribution in [0.15, 0.2) is 24.3 Å². The van der Waals surface area contributed by atoms with Gasteiger partial charge in [0.25, 0.3) is 0 Å². The van der Waals surface area contributed by atoms with Crippen molar-refractivity contribution in [2.75, 3.05) is 6.54 Å². The Morgan fingerprint density at radius 3 is 2.55 bits per heavy atom. The molecule has 1 rings (SSSR count). The summed E-state index contributed by atoms with van der Waals surface area (Å²) in [7, 11) is 0. The van der Waals surface area contributed by atoms with Gasteiger partial charge in [0, 0.05) is 6.42 Å². The second-order valence-corrected chi connectivity index (χ2v) is 4.96. The zero-order valence-electron chi connectivity index (χ0n) is 11.5. The molecule has 2 unspecified atom stereocenters. The number of hydrogen-bond acceptors (Lipinski definition) is 2. The van der Waals surface area contributed by atoms with Crippen molar-refractivity contribution in [2.24, 2.45) is 11.7 Å². The van der Waals surface area contributed by atoms with Crippen LogP contribution in [0.25, 0.3) is 0 Å². The predicted octanol–water partition coefficient (Wildman–Crippen LogP) is 2.87. The number of hydrogen-bond donors (Lipinski definition) is 2. The third-order valence-corrected chi connectivity index (χ3v) is 3.03. The highest BCUT2D eigenvalue weighted by Gasteiger charge is 2.30. The number of carbonyl (C=O) groups is 1. The van der Waals surface area contributed by atoms with Crippen LogP contribution in [0.3, 0.4) is 0 Å². The van der Waals surface area contributed by atoms with Crippen LogP contribution in [-0.2, 0) is 11.0 Å². The van der Waals surface area contributed by atoms with E-state index in [1.165, 1.54) is 6.07 Å². The first-order chi connectivity index (χ1) is 9.24. The van der Waals surface area contributed by atoms with Gasteiger partial charge in [-0.2, -0.15) is 13.2 Å². The van der Waals surface area contributed by atoms with Crippen molar-refractivity contribution >= 4 is 5.91 Å². The van der Waals surface area contributed by atoms with Crippen molar-refractivity contribution < 1.29 is 18.0 Å². The normalized spacial score (nSPS) is 14.7. The Morgan fingerprint density at radius 2 is 2.00 bits per heavy atom. The maximum atomic E-state index is 12.6. The second kappa shape index (κ2) is 6.74. The summed E-state index contributed by atoms with van der Waals surface area (Å²) in [6.07, 6.45) is -4.12. The molecule has 3 nitrogen and oxygen atoms in total. The molecule has 1 aromatic carbocycles. The van der Waals surface area contributed by atoms with Gasteiger partial charge in [0.05, 0.1) is 11.6 Å². The van der Waals surface area contributed by atoms with E-state index in [-0.39, 0.29) is 18.2 Å². The van der Waals surface area contributed by atoms with Crippen molar-refractivity contribution in [3.63, 3.8) is 0 Å². The van der Waals surface area contributed by atoms with Gasteiger partial charge in [-0.1, -0.05) is 19.1 Å². The third-order valence-electron chi connectivity index (χ3n) is 3.03. The zero-order valence-corrected chi connectivity index (χ0v) is 11.5. The van der Waals surface area contributed by atoms with Crippen LogP contribution in [0.1, 0.15) is 37.4 Å². The largest absolute Gasteiger partial charge is 0.416 e. The molecule has 0 bridgehead atoms. The Morgan fingerprint density at radius 1 is 1.35 bits per heavy atom. The summed E-state index contributed by atoms with van der Waals surface area (Å²) < 4.78 is 37.8.